The van der Waals surface area contributed by atoms with Crippen molar-refractivity contribution in [2.75, 3.05) is 31.1 Å². The van der Waals surface area contributed by atoms with Gasteiger partial charge in [-0.25, -0.2) is 8.42 Å². The third kappa shape index (κ3) is 5.31. The number of anilines is 1. The fraction of sp³-hybridized carbons (Fsp3) is 0.308. The Morgan fingerprint density at radius 3 is 2.09 bits per heavy atom. The molecule has 2 heterocycles. The molecular weight excluding hydrogens is 432 g/mol. The molecule has 1 saturated heterocycles. The van der Waals surface area contributed by atoms with E-state index in [1.54, 1.807) is 6.08 Å². The van der Waals surface area contributed by atoms with Gasteiger partial charge in [0.25, 0.3) is 0 Å². The molecule has 0 amide bonds. The highest BCUT2D eigenvalue weighted by Gasteiger charge is 2.26. The van der Waals surface area contributed by atoms with Gasteiger partial charge in [-0.1, -0.05) is 35.9 Å². The van der Waals surface area contributed by atoms with Crippen molar-refractivity contribution in [3.8, 4) is 11.3 Å². The van der Waals surface area contributed by atoms with E-state index in [0.29, 0.717) is 26.2 Å². The molecule has 0 aliphatic carbocycles. The van der Waals surface area contributed by atoms with Crippen LogP contribution in [0.15, 0.2) is 53.9 Å². The number of sulfonamides is 1. The molecule has 0 N–H and O–H groups in total. The first-order chi connectivity index (χ1) is 15.7. The summed E-state index contributed by atoms with van der Waals surface area (Å²) >= 11 is 0. The second kappa shape index (κ2) is 9.45. The van der Waals surface area contributed by atoms with E-state index in [9.17, 15) is 8.42 Å². The van der Waals surface area contributed by atoms with E-state index < -0.39 is 10.0 Å². The molecule has 0 unspecified atom stereocenters. The van der Waals surface area contributed by atoms with Crippen LogP contribution >= 0.6 is 0 Å². The lowest BCUT2D eigenvalue weighted by Crippen LogP contribution is -2.48. The van der Waals surface area contributed by atoms with E-state index in [0.717, 1.165) is 28.2 Å². The molecule has 4 rings (SSSR count). The quantitative estimate of drug-likeness (QED) is 0.559. The molecule has 7 heteroatoms. The van der Waals surface area contributed by atoms with Crippen LogP contribution < -0.4 is 4.90 Å². The highest BCUT2D eigenvalue weighted by atomic mass is 32.2. The lowest BCUT2D eigenvalue weighted by atomic mass is 9.99. The van der Waals surface area contributed by atoms with Crippen LogP contribution in [-0.2, 0) is 10.0 Å². The van der Waals surface area contributed by atoms with Gasteiger partial charge in [-0.2, -0.15) is 4.31 Å². The molecule has 1 aliphatic rings. The monoisotopic (exact) mass is 462 g/mol. The van der Waals surface area contributed by atoms with Gasteiger partial charge in [0.15, 0.2) is 5.82 Å². The van der Waals surface area contributed by atoms with Gasteiger partial charge in [0.05, 0.1) is 5.69 Å². The zero-order valence-electron chi connectivity index (χ0n) is 19.6. The van der Waals surface area contributed by atoms with E-state index in [1.165, 1.54) is 26.4 Å². The molecule has 6 nitrogen and oxygen atoms in total. The van der Waals surface area contributed by atoms with Crippen molar-refractivity contribution < 1.29 is 8.42 Å². The largest absolute Gasteiger partial charge is 0.352 e. The highest BCUT2D eigenvalue weighted by Crippen LogP contribution is 2.26. The molecule has 1 aliphatic heterocycles. The normalized spacial score (nSPS) is 15.3. The highest BCUT2D eigenvalue weighted by molar-refractivity contribution is 7.92. The first-order valence-corrected chi connectivity index (χ1v) is 12.6. The Labute approximate surface area is 196 Å². The van der Waals surface area contributed by atoms with Gasteiger partial charge in [0.2, 0.25) is 10.0 Å². The van der Waals surface area contributed by atoms with Crippen molar-refractivity contribution in [1.82, 2.24) is 14.5 Å². The molecule has 3 aromatic rings. The number of aromatic nitrogens is 2. The minimum atomic E-state index is -3.46. The van der Waals surface area contributed by atoms with Crippen LogP contribution in [0.1, 0.15) is 27.8 Å². The van der Waals surface area contributed by atoms with Crippen molar-refractivity contribution in [2.24, 2.45) is 0 Å². The standard InChI is InChI=1S/C26H30N4O2S/c1-19-5-7-23(8-6-19)11-16-33(31,32)30-14-12-29(13-15-30)26-10-9-25(27-28-26)24-18-21(3)20(2)17-22(24)4/h5-11,16-18H,12-15H2,1-4H3/b16-11-. The number of piperazine rings is 1. The zero-order chi connectivity index (χ0) is 23.6. The Morgan fingerprint density at radius 1 is 0.788 bits per heavy atom. The average molecular weight is 463 g/mol. The number of hydrogen-bond donors (Lipinski definition) is 0. The molecule has 0 spiro atoms. The number of benzene rings is 2. The van der Waals surface area contributed by atoms with E-state index in [4.69, 9.17) is 0 Å². The molecule has 0 bridgehead atoms. The Kier molecular flexibility index (Phi) is 6.63. The van der Waals surface area contributed by atoms with Crippen molar-refractivity contribution >= 4 is 21.9 Å². The molecule has 1 aromatic heterocycles. The van der Waals surface area contributed by atoms with Gasteiger partial charge < -0.3 is 4.90 Å². The lowest BCUT2D eigenvalue weighted by Gasteiger charge is -2.33. The Bertz CT molecular complexity index is 1260. The van der Waals surface area contributed by atoms with Gasteiger partial charge in [-0.3, -0.25) is 0 Å². The van der Waals surface area contributed by atoms with Crippen LogP contribution in [0.3, 0.4) is 0 Å². The van der Waals surface area contributed by atoms with E-state index in [-0.39, 0.29) is 0 Å². The summed E-state index contributed by atoms with van der Waals surface area (Å²) in [5, 5.41) is 10.2. The maximum atomic E-state index is 12.7. The van der Waals surface area contributed by atoms with Crippen LogP contribution in [0.25, 0.3) is 17.3 Å². The first-order valence-electron chi connectivity index (χ1n) is 11.1. The van der Waals surface area contributed by atoms with Crippen molar-refractivity contribution in [3.63, 3.8) is 0 Å². The molecule has 0 atom stereocenters. The van der Waals surface area contributed by atoms with Gasteiger partial charge in [-0.15, -0.1) is 10.2 Å². The molecule has 1 fully saturated rings. The SMILES string of the molecule is Cc1ccc(/C=C\S(=O)(=O)N2CCN(c3ccc(-c4cc(C)c(C)cc4C)nn3)CC2)cc1. The predicted molar refractivity (Wildman–Crippen MR) is 135 cm³/mol. The molecule has 2 aromatic carbocycles. The van der Waals surface area contributed by atoms with Crippen LogP contribution in [0.5, 0.6) is 0 Å². The first kappa shape index (κ1) is 23.1. The van der Waals surface area contributed by atoms with Gasteiger partial charge in [-0.05, 0) is 74.2 Å². The fourth-order valence-corrected chi connectivity index (χ4v) is 5.15. The van der Waals surface area contributed by atoms with Crippen LogP contribution in [-0.4, -0.2) is 49.1 Å². The Morgan fingerprint density at radius 2 is 1.45 bits per heavy atom. The molecular formula is C26H30N4O2S. The van der Waals surface area contributed by atoms with Crippen LogP contribution in [0, 0.1) is 27.7 Å². The predicted octanol–water partition coefficient (Wildman–Crippen LogP) is 4.50. The van der Waals surface area contributed by atoms with Crippen LogP contribution in [0.2, 0.25) is 0 Å². The lowest BCUT2D eigenvalue weighted by molar-refractivity contribution is 0.388. The van der Waals surface area contributed by atoms with E-state index in [2.05, 4.69) is 48.0 Å². The number of rotatable bonds is 5. The number of aryl methyl sites for hydroxylation is 4. The third-order valence-corrected chi connectivity index (χ3v) is 7.76. The third-order valence-electron chi connectivity index (χ3n) is 6.20. The minimum absolute atomic E-state index is 0.417. The summed E-state index contributed by atoms with van der Waals surface area (Å²) in [6.45, 7) is 10.3. The van der Waals surface area contributed by atoms with Gasteiger partial charge in [0, 0.05) is 37.2 Å². The zero-order valence-corrected chi connectivity index (χ0v) is 20.4. The number of nitrogens with zero attached hydrogens (tertiary/aromatic N) is 4. The maximum absolute atomic E-state index is 12.7. The smallest absolute Gasteiger partial charge is 0.236 e. The Hall–Kier alpha value is -3.03. The number of hydrogen-bond acceptors (Lipinski definition) is 5. The van der Waals surface area contributed by atoms with Gasteiger partial charge >= 0.3 is 0 Å². The minimum Gasteiger partial charge on any atom is -0.352 e. The maximum Gasteiger partial charge on any atom is 0.236 e. The Balaban J connectivity index is 1.40. The summed E-state index contributed by atoms with van der Waals surface area (Å²) in [7, 11) is -3.46. The summed E-state index contributed by atoms with van der Waals surface area (Å²) in [6.07, 6.45) is 1.65. The summed E-state index contributed by atoms with van der Waals surface area (Å²) < 4.78 is 27.0. The average Bonchev–Trinajstić information content (AvgIpc) is 2.81. The summed E-state index contributed by atoms with van der Waals surface area (Å²) in [4.78, 5) is 2.08. The van der Waals surface area contributed by atoms with E-state index >= 15 is 0 Å². The summed E-state index contributed by atoms with van der Waals surface area (Å²) in [5.74, 6) is 0.771. The molecule has 0 saturated carbocycles. The topological polar surface area (TPSA) is 66.4 Å². The van der Waals surface area contributed by atoms with Crippen molar-refractivity contribution in [1.29, 1.82) is 0 Å². The van der Waals surface area contributed by atoms with E-state index in [1.807, 2.05) is 43.3 Å². The molecule has 0 radical (unpaired) electrons. The van der Waals surface area contributed by atoms with Crippen molar-refractivity contribution in [3.05, 3.63) is 81.8 Å². The van der Waals surface area contributed by atoms with Crippen LogP contribution in [0.4, 0.5) is 5.82 Å². The summed E-state index contributed by atoms with van der Waals surface area (Å²) in [5.41, 5.74) is 7.63. The fourth-order valence-electron chi connectivity index (χ4n) is 3.97. The molecule has 33 heavy (non-hydrogen) atoms. The second-order valence-corrected chi connectivity index (χ2v) is 10.5. The van der Waals surface area contributed by atoms with Crippen molar-refractivity contribution in [2.45, 2.75) is 27.7 Å². The molecule has 172 valence electrons. The second-order valence-electron chi connectivity index (χ2n) is 8.67. The van der Waals surface area contributed by atoms with Gasteiger partial charge in [0.1, 0.15) is 0 Å². The summed E-state index contributed by atoms with van der Waals surface area (Å²) in [6, 6.07) is 16.1.